The van der Waals surface area contributed by atoms with Crippen molar-refractivity contribution in [2.45, 2.75) is 66.0 Å². The summed E-state index contributed by atoms with van der Waals surface area (Å²) in [4.78, 5) is 11.9. The number of hydrogen-bond acceptors (Lipinski definition) is 4. The van der Waals surface area contributed by atoms with E-state index in [1.807, 2.05) is 20.8 Å². The van der Waals surface area contributed by atoms with Gasteiger partial charge in [-0.05, 0) is 39.0 Å². The number of carbonyl (C=O) groups excluding carboxylic acids is 1. The van der Waals surface area contributed by atoms with Crippen LogP contribution in [0.25, 0.3) is 0 Å². The molecule has 0 fully saturated rings. The lowest BCUT2D eigenvalue weighted by Gasteiger charge is -2.30. The second kappa shape index (κ2) is 7.85. The van der Waals surface area contributed by atoms with Gasteiger partial charge in [-0.3, -0.25) is 10.1 Å². The summed E-state index contributed by atoms with van der Waals surface area (Å²) in [6.07, 6.45) is 1.63. The van der Waals surface area contributed by atoms with Gasteiger partial charge >= 0.3 is 5.97 Å². The minimum absolute atomic E-state index is 0.221. The monoisotopic (exact) mass is 273 g/mol. The van der Waals surface area contributed by atoms with Crippen LogP contribution in [-0.4, -0.2) is 37.9 Å². The van der Waals surface area contributed by atoms with Gasteiger partial charge in [0.25, 0.3) is 0 Å². The molecule has 0 amide bonds. The van der Waals surface area contributed by atoms with Crippen LogP contribution in [0.1, 0.15) is 54.4 Å². The molecule has 19 heavy (non-hydrogen) atoms. The Hall–Kier alpha value is -0.610. The topological polar surface area (TPSA) is 47.6 Å². The minimum Gasteiger partial charge on any atom is -0.468 e. The van der Waals surface area contributed by atoms with E-state index in [0.717, 1.165) is 13.0 Å². The number of carbonyl (C=O) groups is 1. The fourth-order valence-corrected chi connectivity index (χ4v) is 1.85. The van der Waals surface area contributed by atoms with Gasteiger partial charge in [0.15, 0.2) is 0 Å². The molecular formula is C15H31NO3. The van der Waals surface area contributed by atoms with Crippen molar-refractivity contribution in [3.8, 4) is 0 Å². The average Bonchev–Trinajstić information content (AvgIpc) is 2.24. The van der Waals surface area contributed by atoms with Crippen molar-refractivity contribution in [1.29, 1.82) is 0 Å². The zero-order chi connectivity index (χ0) is 15.1. The molecule has 0 saturated carbocycles. The van der Waals surface area contributed by atoms with E-state index in [2.05, 4.69) is 26.1 Å². The Balaban J connectivity index is 4.18. The summed E-state index contributed by atoms with van der Waals surface area (Å²) in [5.74, 6) is -0.236. The molecule has 114 valence electrons. The molecule has 0 aromatic heterocycles. The van der Waals surface area contributed by atoms with Crippen molar-refractivity contribution < 1.29 is 14.3 Å². The van der Waals surface area contributed by atoms with Crippen molar-refractivity contribution in [1.82, 2.24) is 5.32 Å². The zero-order valence-electron chi connectivity index (χ0n) is 13.6. The second-order valence-electron chi connectivity index (χ2n) is 6.80. The first-order valence-electron chi connectivity index (χ1n) is 7.04. The summed E-state index contributed by atoms with van der Waals surface area (Å²) in [5.41, 5.74) is -0.396. The van der Waals surface area contributed by atoms with Crippen LogP contribution >= 0.6 is 0 Å². The van der Waals surface area contributed by atoms with Crippen LogP contribution in [0.3, 0.4) is 0 Å². The molecule has 0 aliphatic heterocycles. The highest BCUT2D eigenvalue weighted by atomic mass is 16.5. The Bertz CT molecular complexity index is 271. The smallest absolute Gasteiger partial charge is 0.325 e. The third-order valence-corrected chi connectivity index (χ3v) is 2.99. The molecular weight excluding hydrogens is 242 g/mol. The second-order valence-corrected chi connectivity index (χ2v) is 6.80. The Morgan fingerprint density at radius 1 is 1.11 bits per heavy atom. The van der Waals surface area contributed by atoms with E-state index in [1.54, 1.807) is 0 Å². The van der Waals surface area contributed by atoms with Gasteiger partial charge in [-0.2, -0.15) is 0 Å². The number of methoxy groups -OCH3 is 1. The van der Waals surface area contributed by atoms with E-state index < -0.39 is 5.54 Å². The van der Waals surface area contributed by atoms with E-state index in [1.165, 1.54) is 7.11 Å². The van der Waals surface area contributed by atoms with Crippen LogP contribution in [0.5, 0.6) is 0 Å². The van der Waals surface area contributed by atoms with Crippen molar-refractivity contribution in [2.24, 2.45) is 5.41 Å². The molecule has 1 N–H and O–H groups in total. The maximum Gasteiger partial charge on any atom is 0.325 e. The van der Waals surface area contributed by atoms with Crippen LogP contribution < -0.4 is 5.32 Å². The molecule has 1 unspecified atom stereocenters. The van der Waals surface area contributed by atoms with Crippen molar-refractivity contribution in [3.05, 3.63) is 0 Å². The highest BCUT2D eigenvalue weighted by molar-refractivity contribution is 5.80. The first-order valence-corrected chi connectivity index (χ1v) is 7.04. The lowest BCUT2D eigenvalue weighted by Crippen LogP contribution is -2.53. The third kappa shape index (κ3) is 8.22. The van der Waals surface area contributed by atoms with Crippen molar-refractivity contribution in [3.63, 3.8) is 0 Å². The van der Waals surface area contributed by atoms with Gasteiger partial charge in [-0.1, -0.05) is 20.8 Å². The first kappa shape index (κ1) is 18.4. The van der Waals surface area contributed by atoms with Crippen LogP contribution in [0.15, 0.2) is 0 Å². The Kier molecular flexibility index (Phi) is 7.60. The molecule has 0 aromatic rings. The minimum atomic E-state index is -0.676. The van der Waals surface area contributed by atoms with E-state index in [9.17, 15) is 4.79 Å². The highest BCUT2D eigenvalue weighted by Gasteiger charge is 2.34. The largest absolute Gasteiger partial charge is 0.468 e. The standard InChI is InChI=1S/C15H31NO3/c1-12(2)16-15(6,13(17)18-7)9-11-19-10-8-14(3,4)5/h12,16H,8-11H2,1-7H3. The molecule has 4 heteroatoms. The van der Waals surface area contributed by atoms with Crippen molar-refractivity contribution >= 4 is 5.97 Å². The lowest BCUT2D eigenvalue weighted by atomic mass is 9.93. The third-order valence-electron chi connectivity index (χ3n) is 2.99. The lowest BCUT2D eigenvalue weighted by molar-refractivity contribution is -0.149. The molecule has 0 radical (unpaired) electrons. The van der Waals surface area contributed by atoms with Crippen LogP contribution in [0, 0.1) is 5.41 Å². The molecule has 0 heterocycles. The van der Waals surface area contributed by atoms with Gasteiger partial charge in [0.1, 0.15) is 5.54 Å². The number of nitrogens with one attached hydrogen (secondary N) is 1. The number of hydrogen-bond donors (Lipinski definition) is 1. The van der Waals surface area contributed by atoms with Gasteiger partial charge in [0, 0.05) is 19.3 Å². The zero-order valence-corrected chi connectivity index (χ0v) is 13.6. The van der Waals surface area contributed by atoms with Crippen LogP contribution in [0.4, 0.5) is 0 Å². The van der Waals surface area contributed by atoms with Gasteiger partial charge in [-0.15, -0.1) is 0 Å². The summed E-state index contributed by atoms with van der Waals surface area (Å²) in [6.45, 7) is 13.7. The fourth-order valence-electron chi connectivity index (χ4n) is 1.85. The SMILES string of the molecule is COC(=O)C(C)(CCOCCC(C)(C)C)NC(C)C. The van der Waals surface area contributed by atoms with E-state index >= 15 is 0 Å². The quantitative estimate of drug-likeness (QED) is 0.546. The van der Waals surface area contributed by atoms with Gasteiger partial charge in [-0.25, -0.2) is 0 Å². The van der Waals surface area contributed by atoms with Crippen LogP contribution in [0.2, 0.25) is 0 Å². The van der Waals surface area contributed by atoms with E-state index in [0.29, 0.717) is 13.0 Å². The maximum absolute atomic E-state index is 11.9. The van der Waals surface area contributed by atoms with E-state index in [-0.39, 0.29) is 17.4 Å². The Morgan fingerprint density at radius 3 is 2.05 bits per heavy atom. The molecule has 0 aromatic carbocycles. The summed E-state index contributed by atoms with van der Waals surface area (Å²) >= 11 is 0. The van der Waals surface area contributed by atoms with Gasteiger partial charge in [0.05, 0.1) is 7.11 Å². The molecule has 0 bridgehead atoms. The number of esters is 1. The predicted octanol–water partition coefficient (Wildman–Crippen LogP) is 2.76. The summed E-state index contributed by atoms with van der Waals surface area (Å²) in [7, 11) is 1.42. The molecule has 0 aliphatic rings. The summed E-state index contributed by atoms with van der Waals surface area (Å²) < 4.78 is 10.5. The summed E-state index contributed by atoms with van der Waals surface area (Å²) in [6, 6.07) is 0.221. The molecule has 0 spiro atoms. The molecule has 0 rings (SSSR count). The molecule has 4 nitrogen and oxygen atoms in total. The first-order chi connectivity index (χ1) is 8.60. The Morgan fingerprint density at radius 2 is 1.63 bits per heavy atom. The summed E-state index contributed by atoms with van der Waals surface area (Å²) in [5, 5.41) is 3.26. The number of ether oxygens (including phenoxy) is 2. The van der Waals surface area contributed by atoms with Gasteiger partial charge in [0.2, 0.25) is 0 Å². The predicted molar refractivity (Wildman–Crippen MR) is 78.2 cm³/mol. The van der Waals surface area contributed by atoms with E-state index in [4.69, 9.17) is 9.47 Å². The fraction of sp³-hybridized carbons (Fsp3) is 0.933. The highest BCUT2D eigenvalue weighted by Crippen LogP contribution is 2.18. The van der Waals surface area contributed by atoms with Gasteiger partial charge < -0.3 is 9.47 Å². The average molecular weight is 273 g/mol. The normalized spacial score (nSPS) is 15.4. The molecule has 0 saturated heterocycles. The molecule has 0 aliphatic carbocycles. The van der Waals surface area contributed by atoms with Crippen molar-refractivity contribution in [2.75, 3.05) is 20.3 Å². The maximum atomic E-state index is 11.9. The Labute approximate surface area is 118 Å². The van der Waals surface area contributed by atoms with Crippen LogP contribution in [-0.2, 0) is 14.3 Å². The molecule has 1 atom stereocenters. The number of rotatable bonds is 8.